The Morgan fingerprint density at radius 2 is 2.05 bits per heavy atom. The van der Waals surface area contributed by atoms with E-state index in [-0.39, 0.29) is 17.7 Å². The fourth-order valence-corrected chi connectivity index (χ4v) is 3.10. The monoisotopic (exact) mass is 306 g/mol. The Morgan fingerprint density at radius 1 is 1.27 bits per heavy atom. The van der Waals surface area contributed by atoms with Crippen LogP contribution >= 0.6 is 0 Å². The van der Waals surface area contributed by atoms with Crippen molar-refractivity contribution in [1.29, 1.82) is 0 Å². The van der Waals surface area contributed by atoms with Crippen molar-refractivity contribution in [1.82, 2.24) is 20.0 Å². The zero-order chi connectivity index (χ0) is 15.5. The summed E-state index contributed by atoms with van der Waals surface area (Å²) in [6.07, 6.45) is 1.99. The molecule has 7 nitrogen and oxygen atoms in total. The van der Waals surface area contributed by atoms with Gasteiger partial charge in [-0.05, 0) is 18.9 Å². The SMILES string of the molecule is CC(=O)N1CCCC(c2cc(C(=O)N3CCOCC3)n[nH]2)C1. The molecular formula is C15H22N4O3. The van der Waals surface area contributed by atoms with Gasteiger partial charge in [0.2, 0.25) is 5.91 Å². The molecule has 0 spiro atoms. The first kappa shape index (κ1) is 15.0. The number of nitrogens with one attached hydrogen (secondary N) is 1. The van der Waals surface area contributed by atoms with Crippen molar-refractivity contribution in [2.75, 3.05) is 39.4 Å². The molecular weight excluding hydrogens is 284 g/mol. The van der Waals surface area contributed by atoms with E-state index in [0.717, 1.165) is 25.1 Å². The number of piperidine rings is 1. The quantitative estimate of drug-likeness (QED) is 0.868. The Kier molecular flexibility index (Phi) is 4.42. The average Bonchev–Trinajstić information content (AvgIpc) is 3.05. The molecule has 7 heteroatoms. The molecule has 120 valence electrons. The number of nitrogens with zero attached hydrogens (tertiary/aromatic N) is 3. The summed E-state index contributed by atoms with van der Waals surface area (Å²) in [7, 11) is 0. The van der Waals surface area contributed by atoms with Crippen molar-refractivity contribution >= 4 is 11.8 Å². The van der Waals surface area contributed by atoms with Crippen LogP contribution in [0.25, 0.3) is 0 Å². The van der Waals surface area contributed by atoms with Crippen molar-refractivity contribution in [3.63, 3.8) is 0 Å². The fraction of sp³-hybridized carbons (Fsp3) is 0.667. The van der Waals surface area contributed by atoms with Gasteiger partial charge in [0.1, 0.15) is 5.69 Å². The van der Waals surface area contributed by atoms with E-state index in [2.05, 4.69) is 10.2 Å². The summed E-state index contributed by atoms with van der Waals surface area (Å²) in [5.74, 6) is 0.287. The van der Waals surface area contributed by atoms with Crippen LogP contribution in [0.15, 0.2) is 6.07 Å². The van der Waals surface area contributed by atoms with E-state index in [0.29, 0.717) is 38.5 Å². The minimum atomic E-state index is -0.0509. The van der Waals surface area contributed by atoms with Gasteiger partial charge in [0.15, 0.2) is 0 Å². The van der Waals surface area contributed by atoms with Crippen molar-refractivity contribution in [3.8, 4) is 0 Å². The maximum Gasteiger partial charge on any atom is 0.274 e. The maximum absolute atomic E-state index is 12.4. The van der Waals surface area contributed by atoms with E-state index in [1.807, 2.05) is 11.0 Å². The molecule has 2 aliphatic heterocycles. The van der Waals surface area contributed by atoms with Crippen molar-refractivity contribution in [2.24, 2.45) is 0 Å². The third-order valence-corrected chi connectivity index (χ3v) is 4.42. The second kappa shape index (κ2) is 6.48. The third-order valence-electron chi connectivity index (χ3n) is 4.42. The van der Waals surface area contributed by atoms with E-state index >= 15 is 0 Å². The van der Waals surface area contributed by atoms with Gasteiger partial charge < -0.3 is 14.5 Å². The molecule has 1 unspecified atom stereocenters. The molecule has 0 saturated carbocycles. The number of carbonyl (C=O) groups is 2. The van der Waals surface area contributed by atoms with E-state index in [1.165, 1.54) is 0 Å². The van der Waals surface area contributed by atoms with Crippen LogP contribution in [0.4, 0.5) is 0 Å². The highest BCUT2D eigenvalue weighted by Gasteiger charge is 2.26. The number of hydrogen-bond acceptors (Lipinski definition) is 4. The summed E-state index contributed by atoms with van der Waals surface area (Å²) < 4.78 is 5.26. The normalized spacial score (nSPS) is 22.7. The Hall–Kier alpha value is -1.89. The highest BCUT2D eigenvalue weighted by molar-refractivity contribution is 5.92. The van der Waals surface area contributed by atoms with E-state index in [4.69, 9.17) is 4.74 Å². The molecule has 2 fully saturated rings. The molecule has 22 heavy (non-hydrogen) atoms. The van der Waals surface area contributed by atoms with Gasteiger partial charge >= 0.3 is 0 Å². The highest BCUT2D eigenvalue weighted by atomic mass is 16.5. The van der Waals surface area contributed by atoms with Gasteiger partial charge in [-0.1, -0.05) is 0 Å². The first-order valence-corrected chi connectivity index (χ1v) is 7.83. The molecule has 0 aliphatic carbocycles. The number of ether oxygens (including phenoxy) is 1. The Morgan fingerprint density at radius 3 is 2.77 bits per heavy atom. The number of rotatable bonds is 2. The molecule has 3 rings (SSSR count). The summed E-state index contributed by atoms with van der Waals surface area (Å²) in [5, 5.41) is 7.16. The Labute approximate surface area is 129 Å². The minimum Gasteiger partial charge on any atom is -0.378 e. The summed E-state index contributed by atoms with van der Waals surface area (Å²) >= 11 is 0. The highest BCUT2D eigenvalue weighted by Crippen LogP contribution is 2.26. The lowest BCUT2D eigenvalue weighted by Gasteiger charge is -2.31. The molecule has 1 aromatic rings. The summed E-state index contributed by atoms with van der Waals surface area (Å²) in [6.45, 7) is 5.51. The minimum absolute atomic E-state index is 0.0509. The van der Waals surface area contributed by atoms with Gasteiger partial charge in [0.25, 0.3) is 5.91 Å². The molecule has 1 N–H and O–H groups in total. The van der Waals surface area contributed by atoms with Gasteiger partial charge in [0.05, 0.1) is 13.2 Å². The number of aromatic amines is 1. The smallest absolute Gasteiger partial charge is 0.274 e. The van der Waals surface area contributed by atoms with Crippen LogP contribution < -0.4 is 0 Å². The molecule has 0 bridgehead atoms. The van der Waals surface area contributed by atoms with Gasteiger partial charge in [-0.2, -0.15) is 5.10 Å². The van der Waals surface area contributed by atoms with Gasteiger partial charge in [0, 0.05) is 44.7 Å². The van der Waals surface area contributed by atoms with Crippen LogP contribution in [0.1, 0.15) is 41.9 Å². The van der Waals surface area contributed by atoms with Gasteiger partial charge in [-0.25, -0.2) is 0 Å². The molecule has 2 saturated heterocycles. The standard InChI is InChI=1S/C15H22N4O3/c1-11(20)19-4-2-3-12(10-19)13-9-14(17-16-13)15(21)18-5-7-22-8-6-18/h9,12H,2-8,10H2,1H3,(H,16,17). The molecule has 0 radical (unpaired) electrons. The Balaban J connectivity index is 1.67. The molecule has 2 amide bonds. The topological polar surface area (TPSA) is 78.5 Å². The summed E-state index contributed by atoms with van der Waals surface area (Å²) in [4.78, 5) is 27.5. The van der Waals surface area contributed by atoms with Crippen LogP contribution in [0, 0.1) is 0 Å². The molecule has 1 aromatic heterocycles. The first-order chi connectivity index (χ1) is 10.6. The lowest BCUT2D eigenvalue weighted by molar-refractivity contribution is -0.130. The number of amides is 2. The molecule has 0 aromatic carbocycles. The third kappa shape index (κ3) is 3.14. The van der Waals surface area contributed by atoms with Crippen LogP contribution in [0.3, 0.4) is 0 Å². The van der Waals surface area contributed by atoms with Gasteiger partial charge in [-0.15, -0.1) is 0 Å². The van der Waals surface area contributed by atoms with Crippen LogP contribution in [-0.2, 0) is 9.53 Å². The van der Waals surface area contributed by atoms with Crippen molar-refractivity contribution < 1.29 is 14.3 Å². The first-order valence-electron chi connectivity index (χ1n) is 7.83. The van der Waals surface area contributed by atoms with Crippen LogP contribution in [0.2, 0.25) is 0 Å². The lowest BCUT2D eigenvalue weighted by atomic mass is 9.94. The molecule has 2 aliphatic rings. The number of carbonyl (C=O) groups excluding carboxylic acids is 2. The molecule has 1 atom stereocenters. The average molecular weight is 306 g/mol. The second-order valence-electron chi connectivity index (χ2n) is 5.92. The van der Waals surface area contributed by atoms with E-state index in [1.54, 1.807) is 11.8 Å². The number of likely N-dealkylation sites (tertiary alicyclic amines) is 1. The number of H-pyrrole nitrogens is 1. The Bertz CT molecular complexity index is 551. The maximum atomic E-state index is 12.4. The fourth-order valence-electron chi connectivity index (χ4n) is 3.10. The number of hydrogen-bond donors (Lipinski definition) is 1. The van der Waals surface area contributed by atoms with Crippen molar-refractivity contribution in [2.45, 2.75) is 25.7 Å². The van der Waals surface area contributed by atoms with Crippen LogP contribution in [-0.4, -0.2) is 71.2 Å². The summed E-state index contributed by atoms with van der Waals surface area (Å²) in [5.41, 5.74) is 1.40. The summed E-state index contributed by atoms with van der Waals surface area (Å²) in [6, 6.07) is 1.84. The van der Waals surface area contributed by atoms with Crippen molar-refractivity contribution in [3.05, 3.63) is 17.5 Å². The largest absolute Gasteiger partial charge is 0.378 e. The second-order valence-corrected chi connectivity index (χ2v) is 5.92. The predicted molar refractivity (Wildman–Crippen MR) is 79.5 cm³/mol. The number of aromatic nitrogens is 2. The van der Waals surface area contributed by atoms with E-state index in [9.17, 15) is 9.59 Å². The molecule has 3 heterocycles. The van der Waals surface area contributed by atoms with Crippen LogP contribution in [0.5, 0.6) is 0 Å². The predicted octanol–water partition coefficient (Wildman–Crippen LogP) is 0.608. The van der Waals surface area contributed by atoms with E-state index < -0.39 is 0 Å². The number of morpholine rings is 1. The van der Waals surface area contributed by atoms with Gasteiger partial charge in [-0.3, -0.25) is 14.7 Å². The lowest BCUT2D eigenvalue weighted by Crippen LogP contribution is -2.40. The zero-order valence-corrected chi connectivity index (χ0v) is 12.9. The zero-order valence-electron chi connectivity index (χ0n) is 12.9.